The molecule has 0 bridgehead atoms. The van der Waals surface area contributed by atoms with E-state index >= 15 is 0 Å². The summed E-state index contributed by atoms with van der Waals surface area (Å²) < 4.78 is 24.3. The van der Waals surface area contributed by atoms with Crippen molar-refractivity contribution in [3.8, 4) is 0 Å². The van der Waals surface area contributed by atoms with Gasteiger partial charge in [0.05, 0.1) is 16.7 Å². The molecule has 2 atom stereocenters. The molecule has 38 heavy (non-hydrogen) atoms. The van der Waals surface area contributed by atoms with Gasteiger partial charge < -0.3 is 10.4 Å². The van der Waals surface area contributed by atoms with Crippen LogP contribution in [0.3, 0.4) is 0 Å². The molecule has 1 amide bonds. The van der Waals surface area contributed by atoms with Crippen LogP contribution in [0.15, 0.2) is 47.4 Å². The minimum Gasteiger partial charge on any atom is -0.396 e. The fourth-order valence-corrected chi connectivity index (χ4v) is 7.14. The average Bonchev–Trinajstić information content (AvgIpc) is 3.27. The molecule has 1 fully saturated rings. The van der Waals surface area contributed by atoms with E-state index in [1.54, 1.807) is 31.2 Å². The SMILES string of the molecule is CCS(=O)(=O)c1ccc([C@H](CCO)NC(=O)c2ccc3c(c2)CN(CC2CCC(C)CC2)[C@@H]3C(C)C)cc1. The number of nitrogens with zero attached hydrogens (tertiary/aromatic N) is 1. The molecular weight excluding hydrogens is 496 g/mol. The molecule has 6 nitrogen and oxygen atoms in total. The van der Waals surface area contributed by atoms with E-state index in [9.17, 15) is 18.3 Å². The van der Waals surface area contributed by atoms with Gasteiger partial charge in [0, 0.05) is 31.3 Å². The van der Waals surface area contributed by atoms with Crippen LogP contribution in [-0.2, 0) is 16.4 Å². The Morgan fingerprint density at radius 3 is 2.37 bits per heavy atom. The van der Waals surface area contributed by atoms with Gasteiger partial charge >= 0.3 is 0 Å². The normalized spacial score (nSPS) is 22.8. The standard InChI is InChI=1S/C31H44N2O4S/c1-5-38(36,37)27-13-10-24(11-14-27)29(16-17-34)32-31(35)25-12-15-28-26(18-25)20-33(30(28)21(2)3)19-23-8-6-22(4)7-9-23/h10-15,18,21-23,29-30,34H,5-9,16-17,19-20H2,1-4H3,(H,32,35)/t22?,23?,29-,30+/m0/s1. The lowest BCUT2D eigenvalue weighted by Gasteiger charge is -2.34. The molecule has 1 saturated carbocycles. The first-order valence-electron chi connectivity index (χ1n) is 14.2. The minimum absolute atomic E-state index is 0.0381. The summed E-state index contributed by atoms with van der Waals surface area (Å²) in [5.74, 6) is 1.95. The van der Waals surface area contributed by atoms with Gasteiger partial charge in [-0.25, -0.2) is 8.42 Å². The third kappa shape index (κ3) is 6.49. The van der Waals surface area contributed by atoms with Crippen LogP contribution < -0.4 is 5.32 Å². The van der Waals surface area contributed by atoms with Crippen molar-refractivity contribution in [3.63, 3.8) is 0 Å². The van der Waals surface area contributed by atoms with Gasteiger partial charge in [0.2, 0.25) is 0 Å². The molecule has 1 aliphatic heterocycles. The molecule has 2 N–H and O–H groups in total. The Bertz CT molecular complexity index is 1200. The Balaban J connectivity index is 1.48. The van der Waals surface area contributed by atoms with E-state index in [1.165, 1.54) is 36.8 Å². The van der Waals surface area contributed by atoms with E-state index in [1.807, 2.05) is 12.1 Å². The highest BCUT2D eigenvalue weighted by Crippen LogP contribution is 2.41. The smallest absolute Gasteiger partial charge is 0.251 e. The van der Waals surface area contributed by atoms with Crippen LogP contribution in [0.25, 0.3) is 0 Å². The highest BCUT2D eigenvalue weighted by molar-refractivity contribution is 7.91. The number of aliphatic hydroxyl groups is 1. The predicted molar refractivity (Wildman–Crippen MR) is 152 cm³/mol. The van der Waals surface area contributed by atoms with Crippen LogP contribution in [0.2, 0.25) is 0 Å². The van der Waals surface area contributed by atoms with Gasteiger partial charge in [-0.15, -0.1) is 0 Å². The number of fused-ring (bicyclic) bond motifs is 1. The average molecular weight is 541 g/mol. The number of amides is 1. The lowest BCUT2D eigenvalue weighted by atomic mass is 9.82. The second-order valence-electron chi connectivity index (χ2n) is 11.7. The van der Waals surface area contributed by atoms with E-state index in [-0.39, 0.29) is 23.2 Å². The highest BCUT2D eigenvalue weighted by atomic mass is 32.2. The van der Waals surface area contributed by atoms with Crippen molar-refractivity contribution in [2.24, 2.45) is 17.8 Å². The number of hydrogen-bond donors (Lipinski definition) is 2. The molecule has 1 heterocycles. The highest BCUT2D eigenvalue weighted by Gasteiger charge is 2.34. The third-order valence-corrected chi connectivity index (χ3v) is 10.2. The molecule has 1 aliphatic carbocycles. The van der Waals surface area contributed by atoms with Crippen LogP contribution in [0.1, 0.15) is 98.9 Å². The molecule has 2 aromatic rings. The van der Waals surface area contributed by atoms with Gasteiger partial charge in [-0.3, -0.25) is 9.69 Å². The molecule has 0 spiro atoms. The molecule has 7 heteroatoms. The van der Waals surface area contributed by atoms with Crippen LogP contribution in [0.5, 0.6) is 0 Å². The summed E-state index contributed by atoms with van der Waals surface area (Å²) in [4.78, 5) is 16.2. The Morgan fingerprint density at radius 2 is 1.76 bits per heavy atom. The molecular formula is C31H44N2O4S. The summed E-state index contributed by atoms with van der Waals surface area (Å²) in [5, 5.41) is 12.7. The van der Waals surface area contributed by atoms with Crippen molar-refractivity contribution >= 4 is 15.7 Å². The predicted octanol–water partition coefficient (Wildman–Crippen LogP) is 5.67. The van der Waals surface area contributed by atoms with Gasteiger partial charge in [0.15, 0.2) is 9.84 Å². The van der Waals surface area contributed by atoms with Gasteiger partial charge in [-0.2, -0.15) is 0 Å². The van der Waals surface area contributed by atoms with E-state index in [2.05, 4.69) is 37.1 Å². The Labute approximate surface area is 228 Å². The van der Waals surface area contributed by atoms with Crippen molar-refractivity contribution in [1.29, 1.82) is 0 Å². The number of rotatable bonds is 10. The Morgan fingerprint density at radius 1 is 1.08 bits per heavy atom. The van der Waals surface area contributed by atoms with Crippen molar-refractivity contribution in [1.82, 2.24) is 10.2 Å². The molecule has 208 valence electrons. The molecule has 0 radical (unpaired) electrons. The van der Waals surface area contributed by atoms with E-state index in [0.29, 0.717) is 23.9 Å². The van der Waals surface area contributed by atoms with Crippen molar-refractivity contribution in [2.75, 3.05) is 18.9 Å². The lowest BCUT2D eigenvalue weighted by Crippen LogP contribution is -2.32. The largest absolute Gasteiger partial charge is 0.396 e. The third-order valence-electron chi connectivity index (χ3n) is 8.49. The fraction of sp³-hybridized carbons (Fsp3) is 0.581. The first-order valence-corrected chi connectivity index (χ1v) is 15.9. The Hall–Kier alpha value is -2.22. The number of nitrogens with one attached hydrogen (secondary N) is 1. The van der Waals surface area contributed by atoms with Gasteiger partial charge in [-0.05, 0) is 78.0 Å². The van der Waals surface area contributed by atoms with Crippen molar-refractivity contribution in [3.05, 3.63) is 64.7 Å². The van der Waals surface area contributed by atoms with E-state index < -0.39 is 15.9 Å². The maximum atomic E-state index is 13.3. The maximum Gasteiger partial charge on any atom is 0.251 e. The summed E-state index contributed by atoms with van der Waals surface area (Å²) >= 11 is 0. The van der Waals surface area contributed by atoms with Crippen molar-refractivity contribution in [2.45, 2.75) is 83.3 Å². The summed E-state index contributed by atoms with van der Waals surface area (Å²) in [6.45, 7) is 10.5. The molecule has 2 aromatic carbocycles. The number of benzene rings is 2. The molecule has 0 aromatic heterocycles. The number of sulfone groups is 1. The zero-order valence-corrected chi connectivity index (χ0v) is 24.1. The number of aliphatic hydroxyl groups excluding tert-OH is 1. The van der Waals surface area contributed by atoms with Crippen LogP contribution >= 0.6 is 0 Å². The van der Waals surface area contributed by atoms with Crippen molar-refractivity contribution < 1.29 is 18.3 Å². The second kappa shape index (κ2) is 12.3. The van der Waals surface area contributed by atoms with Gasteiger partial charge in [0.1, 0.15) is 0 Å². The molecule has 0 saturated heterocycles. The molecule has 2 aliphatic rings. The fourth-order valence-electron chi connectivity index (χ4n) is 6.26. The maximum absolute atomic E-state index is 13.3. The summed E-state index contributed by atoms with van der Waals surface area (Å²) in [6, 6.07) is 12.7. The first-order chi connectivity index (χ1) is 18.1. The number of carbonyl (C=O) groups excluding carboxylic acids is 1. The monoisotopic (exact) mass is 540 g/mol. The molecule has 4 rings (SSSR count). The van der Waals surface area contributed by atoms with Crippen LogP contribution in [0.4, 0.5) is 0 Å². The first kappa shape index (κ1) is 28.8. The van der Waals surface area contributed by atoms with E-state index in [0.717, 1.165) is 30.5 Å². The summed E-state index contributed by atoms with van der Waals surface area (Å²) in [5.41, 5.74) is 3.96. The summed E-state index contributed by atoms with van der Waals surface area (Å²) in [6.07, 6.45) is 5.62. The quantitative estimate of drug-likeness (QED) is 0.405. The van der Waals surface area contributed by atoms with Gasteiger partial charge in [-0.1, -0.05) is 58.7 Å². The zero-order chi connectivity index (χ0) is 27.4. The lowest BCUT2D eigenvalue weighted by molar-refractivity contribution is 0.0929. The number of hydrogen-bond acceptors (Lipinski definition) is 5. The minimum atomic E-state index is -3.29. The van der Waals surface area contributed by atoms with Gasteiger partial charge in [0.25, 0.3) is 5.91 Å². The number of carbonyl (C=O) groups is 1. The molecule has 0 unspecified atom stereocenters. The van der Waals surface area contributed by atoms with E-state index in [4.69, 9.17) is 0 Å². The van der Waals surface area contributed by atoms with Crippen LogP contribution in [0, 0.1) is 17.8 Å². The van der Waals surface area contributed by atoms with Crippen LogP contribution in [-0.4, -0.2) is 43.2 Å². The Kier molecular flexibility index (Phi) is 9.32. The summed E-state index contributed by atoms with van der Waals surface area (Å²) in [7, 11) is -3.29. The zero-order valence-electron chi connectivity index (χ0n) is 23.3. The second-order valence-corrected chi connectivity index (χ2v) is 13.9. The topological polar surface area (TPSA) is 86.7 Å².